The highest BCUT2D eigenvalue weighted by Gasteiger charge is 2.29. The Morgan fingerprint density at radius 2 is 2.00 bits per heavy atom. The van der Waals surface area contributed by atoms with Gasteiger partial charge in [0.05, 0.1) is 13.2 Å². The van der Waals surface area contributed by atoms with Crippen molar-refractivity contribution in [3.05, 3.63) is 27.7 Å². The number of hydrogen-bond acceptors (Lipinski definition) is 3. The Balaban J connectivity index is 2.06. The van der Waals surface area contributed by atoms with Crippen molar-refractivity contribution in [1.82, 2.24) is 4.90 Å². The molecule has 1 atom stereocenters. The van der Waals surface area contributed by atoms with Crippen molar-refractivity contribution in [2.45, 2.75) is 20.0 Å². The fourth-order valence-electron chi connectivity index (χ4n) is 2.20. The van der Waals surface area contributed by atoms with Crippen LogP contribution in [0.25, 0.3) is 0 Å². The van der Waals surface area contributed by atoms with E-state index in [0.29, 0.717) is 12.2 Å². The lowest BCUT2D eigenvalue weighted by molar-refractivity contribution is -0.154. The number of urea groups is 1. The normalized spacial score (nSPS) is 18.4. The quantitative estimate of drug-likeness (QED) is 0.852. The Labute approximate surface area is 131 Å². The predicted octanol–water partition coefficient (Wildman–Crippen LogP) is 2.38. The van der Waals surface area contributed by atoms with Gasteiger partial charge in [-0.05, 0) is 37.1 Å². The number of morpholine rings is 1. The zero-order valence-electron chi connectivity index (χ0n) is 11.9. The van der Waals surface area contributed by atoms with E-state index in [2.05, 4.69) is 21.2 Å². The topological polar surface area (TPSA) is 78.9 Å². The zero-order valence-corrected chi connectivity index (χ0v) is 13.4. The fraction of sp³-hybridized carbons (Fsp3) is 0.429. The monoisotopic (exact) mass is 356 g/mol. The molecular weight excluding hydrogens is 340 g/mol. The van der Waals surface area contributed by atoms with Crippen molar-refractivity contribution in [3.63, 3.8) is 0 Å². The summed E-state index contributed by atoms with van der Waals surface area (Å²) in [4.78, 5) is 24.6. The first kappa shape index (κ1) is 15.8. The van der Waals surface area contributed by atoms with Crippen molar-refractivity contribution in [2.24, 2.45) is 0 Å². The fourth-order valence-corrected chi connectivity index (χ4v) is 2.43. The first-order valence-corrected chi connectivity index (χ1v) is 7.35. The van der Waals surface area contributed by atoms with Gasteiger partial charge in [0.1, 0.15) is 0 Å². The largest absolute Gasteiger partial charge is 0.479 e. The van der Waals surface area contributed by atoms with E-state index in [1.165, 1.54) is 4.90 Å². The summed E-state index contributed by atoms with van der Waals surface area (Å²) in [5, 5.41) is 11.7. The summed E-state index contributed by atoms with van der Waals surface area (Å²) in [5.74, 6) is -1.05. The smallest absolute Gasteiger partial charge is 0.334 e. The van der Waals surface area contributed by atoms with E-state index in [0.717, 1.165) is 15.6 Å². The number of carbonyl (C=O) groups is 2. The van der Waals surface area contributed by atoms with Crippen LogP contribution in [-0.2, 0) is 9.53 Å². The summed E-state index contributed by atoms with van der Waals surface area (Å²) >= 11 is 3.47. The Hall–Kier alpha value is -1.60. The maximum absolute atomic E-state index is 12.2. The predicted molar refractivity (Wildman–Crippen MR) is 81.6 cm³/mol. The van der Waals surface area contributed by atoms with Crippen LogP contribution in [0, 0.1) is 13.8 Å². The lowest BCUT2D eigenvalue weighted by Gasteiger charge is -2.30. The number of aliphatic carboxylic acids is 1. The standard InChI is InChI=1S/C14H17BrN2O4/c1-8-5-10(6-9(2)12(8)15)16-14(20)17-3-4-21-11(7-17)13(18)19/h5-6,11H,3-4,7H2,1-2H3,(H,16,20)(H,18,19). The van der Waals surface area contributed by atoms with Gasteiger partial charge in [-0.25, -0.2) is 9.59 Å². The second-order valence-electron chi connectivity index (χ2n) is 5.00. The van der Waals surface area contributed by atoms with Crippen LogP contribution >= 0.6 is 15.9 Å². The van der Waals surface area contributed by atoms with Gasteiger partial charge in [-0.15, -0.1) is 0 Å². The van der Waals surface area contributed by atoms with Crippen molar-refractivity contribution in [3.8, 4) is 0 Å². The Bertz CT molecular complexity index is 553. The van der Waals surface area contributed by atoms with Gasteiger partial charge in [0.2, 0.25) is 0 Å². The summed E-state index contributed by atoms with van der Waals surface area (Å²) < 4.78 is 6.11. The Morgan fingerprint density at radius 1 is 1.38 bits per heavy atom. The molecule has 0 aromatic heterocycles. The molecule has 7 heteroatoms. The molecule has 1 aliphatic rings. The highest BCUT2D eigenvalue weighted by atomic mass is 79.9. The number of benzene rings is 1. The third kappa shape index (κ3) is 3.74. The number of nitrogens with one attached hydrogen (secondary N) is 1. The first-order valence-electron chi connectivity index (χ1n) is 6.55. The average Bonchev–Trinajstić information content (AvgIpc) is 2.44. The van der Waals surface area contributed by atoms with E-state index in [1.54, 1.807) is 0 Å². The van der Waals surface area contributed by atoms with Gasteiger partial charge < -0.3 is 20.1 Å². The molecule has 6 nitrogen and oxygen atoms in total. The molecule has 1 aromatic carbocycles. The van der Waals surface area contributed by atoms with Crippen LogP contribution in [0.2, 0.25) is 0 Å². The molecule has 1 heterocycles. The molecule has 1 unspecified atom stereocenters. The van der Waals surface area contributed by atoms with Crippen LogP contribution in [0.3, 0.4) is 0 Å². The Morgan fingerprint density at radius 3 is 2.57 bits per heavy atom. The van der Waals surface area contributed by atoms with Gasteiger partial charge in [0, 0.05) is 16.7 Å². The maximum Gasteiger partial charge on any atom is 0.334 e. The molecule has 2 amide bonds. The second-order valence-corrected chi connectivity index (χ2v) is 5.79. The Kier molecular flexibility index (Phi) is 4.84. The number of amides is 2. The molecule has 1 saturated heterocycles. The first-order chi connectivity index (χ1) is 9.88. The molecule has 0 bridgehead atoms. The minimum Gasteiger partial charge on any atom is -0.479 e. The molecule has 2 rings (SSSR count). The van der Waals surface area contributed by atoms with Crippen molar-refractivity contribution in [2.75, 3.05) is 25.0 Å². The molecule has 0 radical (unpaired) electrons. The van der Waals surface area contributed by atoms with Crippen LogP contribution < -0.4 is 5.32 Å². The molecular formula is C14H17BrN2O4. The van der Waals surface area contributed by atoms with E-state index in [-0.39, 0.29) is 19.2 Å². The lowest BCUT2D eigenvalue weighted by atomic mass is 10.1. The molecule has 1 fully saturated rings. The highest BCUT2D eigenvalue weighted by Crippen LogP contribution is 2.25. The minimum absolute atomic E-state index is 0.0512. The molecule has 1 aliphatic heterocycles. The van der Waals surface area contributed by atoms with E-state index < -0.39 is 12.1 Å². The third-order valence-electron chi connectivity index (χ3n) is 3.32. The van der Waals surface area contributed by atoms with E-state index >= 15 is 0 Å². The summed E-state index contributed by atoms with van der Waals surface area (Å²) in [5.41, 5.74) is 2.74. The number of ether oxygens (including phenoxy) is 1. The van der Waals surface area contributed by atoms with Crippen LogP contribution in [0.15, 0.2) is 16.6 Å². The maximum atomic E-state index is 12.2. The molecule has 114 valence electrons. The number of nitrogens with zero attached hydrogens (tertiary/aromatic N) is 1. The number of aryl methyl sites for hydroxylation is 2. The molecule has 0 spiro atoms. The van der Waals surface area contributed by atoms with Crippen LogP contribution in [0.1, 0.15) is 11.1 Å². The van der Waals surface area contributed by atoms with Gasteiger partial charge in [-0.2, -0.15) is 0 Å². The zero-order chi connectivity index (χ0) is 15.6. The minimum atomic E-state index is -1.05. The molecule has 2 N–H and O–H groups in total. The van der Waals surface area contributed by atoms with E-state index in [4.69, 9.17) is 9.84 Å². The second kappa shape index (κ2) is 6.44. The number of hydrogen-bond donors (Lipinski definition) is 2. The summed E-state index contributed by atoms with van der Waals surface area (Å²) in [6, 6.07) is 3.42. The number of anilines is 1. The van der Waals surface area contributed by atoms with Gasteiger partial charge in [0.25, 0.3) is 0 Å². The van der Waals surface area contributed by atoms with Crippen molar-refractivity contribution >= 4 is 33.6 Å². The lowest BCUT2D eigenvalue weighted by Crippen LogP contribution is -2.49. The third-order valence-corrected chi connectivity index (χ3v) is 4.57. The number of halogens is 1. The molecule has 1 aromatic rings. The van der Waals surface area contributed by atoms with Crippen molar-refractivity contribution in [1.29, 1.82) is 0 Å². The van der Waals surface area contributed by atoms with Gasteiger partial charge in [-0.3, -0.25) is 0 Å². The summed E-state index contributed by atoms with van der Waals surface area (Å²) in [6.45, 7) is 4.55. The average molecular weight is 357 g/mol. The number of carbonyl (C=O) groups excluding carboxylic acids is 1. The SMILES string of the molecule is Cc1cc(NC(=O)N2CCOC(C(=O)O)C2)cc(C)c1Br. The molecule has 0 aliphatic carbocycles. The van der Waals surface area contributed by atoms with Gasteiger partial charge >= 0.3 is 12.0 Å². The van der Waals surface area contributed by atoms with Crippen LogP contribution in [0.5, 0.6) is 0 Å². The van der Waals surface area contributed by atoms with Gasteiger partial charge in [0.15, 0.2) is 6.10 Å². The number of carboxylic acid groups (broad SMARTS) is 1. The van der Waals surface area contributed by atoms with Gasteiger partial charge in [-0.1, -0.05) is 15.9 Å². The van der Waals surface area contributed by atoms with Crippen LogP contribution in [-0.4, -0.2) is 47.8 Å². The summed E-state index contributed by atoms with van der Waals surface area (Å²) in [6.07, 6.45) is -0.960. The number of rotatable bonds is 2. The van der Waals surface area contributed by atoms with E-state index in [9.17, 15) is 9.59 Å². The van der Waals surface area contributed by atoms with Crippen LogP contribution in [0.4, 0.5) is 10.5 Å². The molecule has 0 saturated carbocycles. The highest BCUT2D eigenvalue weighted by molar-refractivity contribution is 9.10. The summed E-state index contributed by atoms with van der Waals surface area (Å²) in [7, 11) is 0. The van der Waals surface area contributed by atoms with E-state index in [1.807, 2.05) is 26.0 Å². The molecule has 21 heavy (non-hydrogen) atoms. The number of carboxylic acids is 1. The van der Waals surface area contributed by atoms with Crippen molar-refractivity contribution < 1.29 is 19.4 Å².